The Morgan fingerprint density at radius 3 is 2.40 bits per heavy atom. The first kappa shape index (κ1) is 31.3. The van der Waals surface area contributed by atoms with Crippen LogP contribution in [-0.2, 0) is 21.9 Å². The van der Waals surface area contributed by atoms with Crippen LogP contribution >= 0.6 is 0 Å². The maximum absolute atomic E-state index is 13.5. The second-order valence-corrected chi connectivity index (χ2v) is 13.9. The zero-order chi connectivity index (χ0) is 30.7. The highest BCUT2D eigenvalue weighted by Gasteiger charge is 2.23. The maximum Gasteiger partial charge on any atom is 0.255 e. The first-order valence-corrected chi connectivity index (χ1v) is 16.0. The monoisotopic (exact) mass is 594 g/mol. The smallest absolute Gasteiger partial charge is 0.255 e. The third kappa shape index (κ3) is 8.23. The van der Waals surface area contributed by atoms with E-state index in [4.69, 9.17) is 9.47 Å². The number of nitrogens with one attached hydrogen (secondary N) is 2. The summed E-state index contributed by atoms with van der Waals surface area (Å²) in [5.74, 6) is 1.68. The van der Waals surface area contributed by atoms with Crippen molar-refractivity contribution >= 4 is 27.3 Å². The molecule has 10 heteroatoms. The van der Waals surface area contributed by atoms with Crippen molar-refractivity contribution in [3.05, 3.63) is 71.0 Å². The van der Waals surface area contributed by atoms with Crippen molar-refractivity contribution in [3.63, 3.8) is 0 Å². The van der Waals surface area contributed by atoms with Crippen molar-refractivity contribution in [1.29, 1.82) is 0 Å². The summed E-state index contributed by atoms with van der Waals surface area (Å²) in [4.78, 5) is 20.4. The zero-order valence-electron chi connectivity index (χ0n) is 25.6. The molecule has 2 N–H and O–H groups in total. The molecule has 3 aromatic rings. The van der Waals surface area contributed by atoms with E-state index in [9.17, 15) is 13.2 Å². The van der Waals surface area contributed by atoms with Gasteiger partial charge in [-0.15, -0.1) is 0 Å². The Morgan fingerprint density at radius 1 is 1.07 bits per heavy atom. The minimum atomic E-state index is -3.59. The molecule has 1 aromatic heterocycles. The number of piperidine rings is 1. The summed E-state index contributed by atoms with van der Waals surface area (Å²) in [5, 5.41) is 2.92. The van der Waals surface area contributed by atoms with E-state index in [1.807, 2.05) is 45.9 Å². The molecule has 1 fully saturated rings. The Morgan fingerprint density at radius 2 is 1.76 bits per heavy atom. The summed E-state index contributed by atoms with van der Waals surface area (Å²) >= 11 is 0. The fraction of sp³-hybridized carbons (Fsp3) is 0.438. The molecule has 0 saturated carbocycles. The highest BCUT2D eigenvalue weighted by atomic mass is 32.2. The van der Waals surface area contributed by atoms with Gasteiger partial charge in [0.05, 0.1) is 24.7 Å². The topological polar surface area (TPSA) is 110 Å². The molecule has 0 atom stereocenters. The summed E-state index contributed by atoms with van der Waals surface area (Å²) in [7, 11) is 0.00351. The molecule has 0 radical (unpaired) electrons. The quantitative estimate of drug-likeness (QED) is 0.313. The highest BCUT2D eigenvalue weighted by Crippen LogP contribution is 2.39. The number of carbonyl (C=O) groups is 1. The lowest BCUT2D eigenvalue weighted by Gasteiger charge is -2.28. The van der Waals surface area contributed by atoms with Gasteiger partial charge in [0.25, 0.3) is 5.91 Å². The number of aryl methyl sites for hydroxylation is 1. The van der Waals surface area contributed by atoms with Crippen molar-refractivity contribution in [2.75, 3.05) is 43.5 Å². The minimum Gasteiger partial charge on any atom is -0.492 e. The van der Waals surface area contributed by atoms with Crippen LogP contribution in [0.3, 0.4) is 0 Å². The van der Waals surface area contributed by atoms with Crippen LogP contribution in [0, 0.1) is 12.8 Å². The van der Waals surface area contributed by atoms with E-state index in [1.165, 1.54) is 7.11 Å². The molecule has 0 aliphatic carbocycles. The van der Waals surface area contributed by atoms with Gasteiger partial charge in [0, 0.05) is 23.5 Å². The molecule has 9 nitrogen and oxygen atoms in total. The summed E-state index contributed by atoms with van der Waals surface area (Å²) < 4.78 is 38.4. The number of likely N-dealkylation sites (tertiary alicyclic amines) is 1. The van der Waals surface area contributed by atoms with Gasteiger partial charge in [0.1, 0.15) is 11.5 Å². The number of benzene rings is 2. The molecule has 4 rings (SSSR count). The summed E-state index contributed by atoms with van der Waals surface area (Å²) in [6.45, 7) is 10.2. The van der Waals surface area contributed by atoms with Crippen LogP contribution in [0.5, 0.6) is 17.2 Å². The number of sulfonamides is 1. The number of methoxy groups -OCH3 is 1. The van der Waals surface area contributed by atoms with E-state index in [1.54, 1.807) is 30.5 Å². The Hall–Kier alpha value is -3.63. The number of hydrogen-bond donors (Lipinski definition) is 2. The van der Waals surface area contributed by atoms with Gasteiger partial charge in [-0.1, -0.05) is 26.8 Å². The number of ether oxygens (including phenoxy) is 2. The van der Waals surface area contributed by atoms with Gasteiger partial charge in [-0.25, -0.2) is 8.42 Å². The van der Waals surface area contributed by atoms with E-state index < -0.39 is 10.0 Å². The fourth-order valence-corrected chi connectivity index (χ4v) is 5.57. The molecular formula is C32H42N4O5S. The molecule has 0 bridgehead atoms. The molecule has 42 heavy (non-hydrogen) atoms. The SMILES string of the molecule is COc1c(NC(=O)c2ccc(C)c(Oc3ccnc(CC4CCN(C)CC4)c3)c2)cc(C(C)(C)C)cc1NS(C)(=O)=O. The van der Waals surface area contributed by atoms with Gasteiger partial charge in [-0.05, 0) is 99.1 Å². The van der Waals surface area contributed by atoms with Crippen LogP contribution in [0.1, 0.15) is 60.8 Å². The number of hydrogen-bond acceptors (Lipinski definition) is 7. The van der Waals surface area contributed by atoms with Crippen molar-refractivity contribution < 1.29 is 22.7 Å². The van der Waals surface area contributed by atoms with Gasteiger partial charge in [0.2, 0.25) is 10.0 Å². The van der Waals surface area contributed by atoms with Crippen molar-refractivity contribution in [2.24, 2.45) is 5.92 Å². The standard InChI is InChI=1S/C32H42N4O5S/c1-21-8-9-23(17-29(21)41-26-10-13-33-25(20-26)16-22-11-14-36(5)15-12-22)31(37)34-27-18-24(32(2,3)4)19-28(30(27)40-6)35-42(7,38)39/h8-10,13,17-20,22,35H,11-12,14-16H2,1-7H3,(H,34,37). The third-order valence-corrected chi connectivity index (χ3v) is 8.10. The molecule has 1 amide bonds. The summed E-state index contributed by atoms with van der Waals surface area (Å²) in [6.07, 6.45) is 6.08. The van der Waals surface area contributed by atoms with Crippen LogP contribution in [0.15, 0.2) is 48.7 Å². The van der Waals surface area contributed by atoms with Gasteiger partial charge in [-0.3, -0.25) is 14.5 Å². The lowest BCUT2D eigenvalue weighted by Crippen LogP contribution is -2.31. The third-order valence-electron chi connectivity index (χ3n) is 7.50. The van der Waals surface area contributed by atoms with E-state index in [2.05, 4.69) is 27.0 Å². The molecule has 226 valence electrons. The summed E-state index contributed by atoms with van der Waals surface area (Å²) in [5.41, 5.74) is 3.39. The van der Waals surface area contributed by atoms with Crippen LogP contribution in [0.25, 0.3) is 0 Å². The summed E-state index contributed by atoms with van der Waals surface area (Å²) in [6, 6.07) is 12.6. The molecule has 1 aliphatic rings. The van der Waals surface area contributed by atoms with Gasteiger partial charge in [0.15, 0.2) is 5.75 Å². The number of amides is 1. The Balaban J connectivity index is 1.57. The molecule has 2 heterocycles. The van der Waals surface area contributed by atoms with Crippen molar-refractivity contribution in [3.8, 4) is 17.2 Å². The van der Waals surface area contributed by atoms with Gasteiger partial charge in [-0.2, -0.15) is 0 Å². The average molecular weight is 595 g/mol. The van der Waals surface area contributed by atoms with Crippen LogP contribution < -0.4 is 19.5 Å². The van der Waals surface area contributed by atoms with Gasteiger partial charge >= 0.3 is 0 Å². The van der Waals surface area contributed by atoms with E-state index >= 15 is 0 Å². The number of rotatable bonds is 9. The van der Waals surface area contributed by atoms with E-state index in [0.717, 1.165) is 55.4 Å². The fourth-order valence-electron chi connectivity index (χ4n) is 5.02. The van der Waals surface area contributed by atoms with Crippen LogP contribution in [0.4, 0.5) is 11.4 Å². The Bertz CT molecular complexity index is 1540. The average Bonchev–Trinajstić information content (AvgIpc) is 2.90. The maximum atomic E-state index is 13.5. The normalized spacial score (nSPS) is 14.8. The number of aromatic nitrogens is 1. The number of nitrogens with zero attached hydrogens (tertiary/aromatic N) is 2. The predicted molar refractivity (Wildman–Crippen MR) is 168 cm³/mol. The van der Waals surface area contributed by atoms with Crippen molar-refractivity contribution in [2.45, 2.75) is 52.4 Å². The molecular weight excluding hydrogens is 552 g/mol. The second-order valence-electron chi connectivity index (χ2n) is 12.2. The van der Waals surface area contributed by atoms with Gasteiger partial charge < -0.3 is 19.7 Å². The van der Waals surface area contributed by atoms with E-state index in [0.29, 0.717) is 28.7 Å². The van der Waals surface area contributed by atoms with Crippen LogP contribution in [-0.4, -0.2) is 57.7 Å². The largest absolute Gasteiger partial charge is 0.492 e. The zero-order valence-corrected chi connectivity index (χ0v) is 26.4. The lowest BCUT2D eigenvalue weighted by atomic mass is 9.86. The molecule has 0 spiro atoms. The van der Waals surface area contributed by atoms with Crippen molar-refractivity contribution in [1.82, 2.24) is 9.88 Å². The Kier molecular flexibility index (Phi) is 9.47. The molecule has 0 unspecified atom stereocenters. The molecule has 1 aliphatic heterocycles. The highest BCUT2D eigenvalue weighted by molar-refractivity contribution is 7.92. The number of anilines is 2. The van der Waals surface area contributed by atoms with Crippen LogP contribution in [0.2, 0.25) is 0 Å². The molecule has 2 aromatic carbocycles. The number of pyridine rings is 1. The Labute approximate surface area is 249 Å². The first-order chi connectivity index (χ1) is 19.7. The minimum absolute atomic E-state index is 0.222. The lowest BCUT2D eigenvalue weighted by molar-refractivity contribution is 0.102. The first-order valence-electron chi connectivity index (χ1n) is 14.2. The number of carbonyl (C=O) groups excluding carboxylic acids is 1. The molecule has 1 saturated heterocycles. The van der Waals surface area contributed by atoms with E-state index in [-0.39, 0.29) is 22.8 Å². The second kappa shape index (κ2) is 12.7. The predicted octanol–water partition coefficient (Wildman–Crippen LogP) is 6.00.